The number of carbonyl (C=O) groups excluding carboxylic acids is 1. The van der Waals surface area contributed by atoms with Gasteiger partial charge in [-0.1, -0.05) is 6.07 Å². The van der Waals surface area contributed by atoms with Crippen LogP contribution in [0.25, 0.3) is 0 Å². The number of hydrogen-bond acceptors (Lipinski definition) is 3. The molecule has 0 aromatic heterocycles. The molecule has 0 aliphatic carbocycles. The molecule has 20 heavy (non-hydrogen) atoms. The molecule has 1 amide bonds. The Kier molecular flexibility index (Phi) is 4.04. The molecule has 1 aromatic rings. The van der Waals surface area contributed by atoms with Gasteiger partial charge in [0.1, 0.15) is 5.75 Å². The smallest absolute Gasteiger partial charge is 0.267 e. The van der Waals surface area contributed by atoms with E-state index in [4.69, 9.17) is 4.74 Å². The van der Waals surface area contributed by atoms with Crippen molar-refractivity contribution in [1.29, 1.82) is 0 Å². The second-order valence-corrected chi connectivity index (χ2v) is 6.39. The number of hydrogen-bond donors (Lipinski definition) is 1. The monoisotopic (exact) mass is 276 g/mol. The Balaban J connectivity index is 2.10. The number of benzene rings is 1. The molecule has 1 aliphatic heterocycles. The first-order chi connectivity index (χ1) is 9.28. The molecule has 0 bridgehead atoms. The largest absolute Gasteiger partial charge is 0.479 e. The maximum atomic E-state index is 11.9. The number of fused-ring (bicyclic) bond motifs is 1. The molecule has 1 N–H and O–H groups in total. The molecule has 0 radical (unpaired) electrons. The molecule has 110 valence electrons. The van der Waals surface area contributed by atoms with Gasteiger partial charge in [-0.2, -0.15) is 0 Å². The Bertz CT molecular complexity index is 506. The normalized spacial score (nSPS) is 18.8. The van der Waals surface area contributed by atoms with E-state index in [1.165, 1.54) is 5.56 Å². The molecule has 1 aromatic carbocycles. The molecule has 0 saturated carbocycles. The molecule has 1 unspecified atom stereocenters. The van der Waals surface area contributed by atoms with Crippen LogP contribution in [0.15, 0.2) is 18.2 Å². The van der Waals surface area contributed by atoms with Gasteiger partial charge in [0.25, 0.3) is 5.91 Å². The van der Waals surface area contributed by atoms with Crippen molar-refractivity contribution in [1.82, 2.24) is 5.32 Å². The minimum atomic E-state index is -0.402. The summed E-state index contributed by atoms with van der Waals surface area (Å²) < 4.78 is 5.62. The fourth-order valence-electron chi connectivity index (χ4n) is 2.29. The van der Waals surface area contributed by atoms with Crippen molar-refractivity contribution in [3.05, 3.63) is 23.8 Å². The van der Waals surface area contributed by atoms with Gasteiger partial charge >= 0.3 is 0 Å². The lowest BCUT2D eigenvalue weighted by atomic mass is 10.1. The van der Waals surface area contributed by atoms with Gasteiger partial charge in [0, 0.05) is 12.6 Å². The second kappa shape index (κ2) is 5.44. The van der Waals surface area contributed by atoms with Crippen LogP contribution >= 0.6 is 0 Å². The SMILES string of the molecule is CC1Oc2ccc(CCNC(C)(C)C)cc2N(C)C1=O. The number of nitrogens with one attached hydrogen (secondary N) is 1. The third-order valence-corrected chi connectivity index (χ3v) is 3.44. The quantitative estimate of drug-likeness (QED) is 0.921. The van der Waals surface area contributed by atoms with Crippen LogP contribution in [-0.2, 0) is 11.2 Å². The Morgan fingerprint density at radius 3 is 2.70 bits per heavy atom. The van der Waals surface area contributed by atoms with Crippen LogP contribution in [0.4, 0.5) is 5.69 Å². The zero-order valence-corrected chi connectivity index (χ0v) is 13.0. The highest BCUT2D eigenvalue weighted by molar-refractivity contribution is 5.99. The first-order valence-corrected chi connectivity index (χ1v) is 7.10. The summed E-state index contributed by atoms with van der Waals surface area (Å²) in [5, 5.41) is 3.47. The number of rotatable bonds is 3. The average molecular weight is 276 g/mol. The lowest BCUT2D eigenvalue weighted by Crippen LogP contribution is -2.42. The standard InChI is InChI=1S/C16H24N2O2/c1-11-15(19)18(5)13-10-12(6-7-14(13)20-11)8-9-17-16(2,3)4/h6-7,10-11,17H,8-9H2,1-5H3. The predicted octanol–water partition coefficient (Wildman–Crippen LogP) is 2.36. The maximum absolute atomic E-state index is 11.9. The van der Waals surface area contributed by atoms with Crippen LogP contribution in [0.1, 0.15) is 33.3 Å². The molecular formula is C16H24N2O2. The molecular weight excluding hydrogens is 252 g/mol. The van der Waals surface area contributed by atoms with Crippen LogP contribution < -0.4 is 15.0 Å². The zero-order valence-electron chi connectivity index (χ0n) is 13.0. The van der Waals surface area contributed by atoms with Crippen molar-refractivity contribution in [3.8, 4) is 5.75 Å². The Labute approximate surface area is 121 Å². The van der Waals surface area contributed by atoms with E-state index in [1.54, 1.807) is 18.9 Å². The highest BCUT2D eigenvalue weighted by Gasteiger charge is 2.28. The number of likely N-dealkylation sites (N-methyl/N-ethyl adjacent to an activating group) is 1. The highest BCUT2D eigenvalue weighted by Crippen LogP contribution is 2.33. The molecule has 0 saturated heterocycles. The first kappa shape index (κ1) is 14.9. The Morgan fingerprint density at radius 2 is 2.05 bits per heavy atom. The third-order valence-electron chi connectivity index (χ3n) is 3.44. The van der Waals surface area contributed by atoms with Crippen molar-refractivity contribution >= 4 is 11.6 Å². The zero-order chi connectivity index (χ0) is 14.9. The lowest BCUT2D eigenvalue weighted by Gasteiger charge is -2.30. The van der Waals surface area contributed by atoms with E-state index >= 15 is 0 Å². The summed E-state index contributed by atoms with van der Waals surface area (Å²) in [6.07, 6.45) is 0.531. The lowest BCUT2D eigenvalue weighted by molar-refractivity contribution is -0.125. The summed E-state index contributed by atoms with van der Waals surface area (Å²) in [6, 6.07) is 6.07. The van der Waals surface area contributed by atoms with Gasteiger partial charge in [-0.15, -0.1) is 0 Å². The van der Waals surface area contributed by atoms with E-state index in [1.807, 2.05) is 12.1 Å². The molecule has 2 rings (SSSR count). The van der Waals surface area contributed by atoms with E-state index in [0.29, 0.717) is 0 Å². The van der Waals surface area contributed by atoms with Gasteiger partial charge in [0.2, 0.25) is 0 Å². The summed E-state index contributed by atoms with van der Waals surface area (Å²) in [6.45, 7) is 9.16. The minimum absolute atomic E-state index is 0.00228. The van der Waals surface area contributed by atoms with Gasteiger partial charge < -0.3 is 15.0 Å². The highest BCUT2D eigenvalue weighted by atomic mass is 16.5. The fraction of sp³-hybridized carbons (Fsp3) is 0.562. The topological polar surface area (TPSA) is 41.6 Å². The predicted molar refractivity (Wildman–Crippen MR) is 81.4 cm³/mol. The molecule has 4 heteroatoms. The van der Waals surface area contributed by atoms with Crippen LogP contribution in [0, 0.1) is 0 Å². The van der Waals surface area contributed by atoms with Crippen molar-refractivity contribution in [3.63, 3.8) is 0 Å². The summed E-state index contributed by atoms with van der Waals surface area (Å²) in [7, 11) is 1.80. The average Bonchev–Trinajstić information content (AvgIpc) is 2.35. The van der Waals surface area contributed by atoms with E-state index in [2.05, 4.69) is 32.2 Å². The van der Waals surface area contributed by atoms with Gasteiger partial charge in [-0.05, 0) is 58.4 Å². The van der Waals surface area contributed by atoms with Crippen molar-refractivity contribution < 1.29 is 9.53 Å². The summed E-state index contributed by atoms with van der Waals surface area (Å²) in [5.41, 5.74) is 2.19. The first-order valence-electron chi connectivity index (χ1n) is 7.10. The molecule has 4 nitrogen and oxygen atoms in total. The summed E-state index contributed by atoms with van der Waals surface area (Å²) in [5.74, 6) is 0.787. The molecule has 1 atom stereocenters. The van der Waals surface area contributed by atoms with Crippen LogP contribution in [-0.4, -0.2) is 31.1 Å². The number of anilines is 1. The van der Waals surface area contributed by atoms with Crippen molar-refractivity contribution in [2.45, 2.75) is 45.8 Å². The van der Waals surface area contributed by atoms with Crippen LogP contribution in [0.2, 0.25) is 0 Å². The summed E-state index contributed by atoms with van der Waals surface area (Å²) >= 11 is 0. The summed E-state index contributed by atoms with van der Waals surface area (Å²) in [4.78, 5) is 13.6. The van der Waals surface area contributed by atoms with Crippen LogP contribution in [0.3, 0.4) is 0 Å². The van der Waals surface area contributed by atoms with E-state index in [0.717, 1.165) is 24.4 Å². The number of ether oxygens (including phenoxy) is 1. The van der Waals surface area contributed by atoms with Crippen LogP contribution in [0.5, 0.6) is 5.75 Å². The van der Waals surface area contributed by atoms with Gasteiger partial charge in [0.15, 0.2) is 6.10 Å². The van der Waals surface area contributed by atoms with Crippen molar-refractivity contribution in [2.24, 2.45) is 0 Å². The van der Waals surface area contributed by atoms with E-state index in [9.17, 15) is 4.79 Å². The van der Waals surface area contributed by atoms with E-state index < -0.39 is 6.10 Å². The fourth-order valence-corrected chi connectivity index (χ4v) is 2.29. The Morgan fingerprint density at radius 1 is 1.35 bits per heavy atom. The van der Waals surface area contributed by atoms with Gasteiger partial charge in [0.05, 0.1) is 5.69 Å². The van der Waals surface area contributed by atoms with Gasteiger partial charge in [-0.25, -0.2) is 0 Å². The molecule has 0 fully saturated rings. The minimum Gasteiger partial charge on any atom is -0.479 e. The van der Waals surface area contributed by atoms with E-state index in [-0.39, 0.29) is 11.4 Å². The maximum Gasteiger partial charge on any atom is 0.267 e. The number of amides is 1. The molecule has 1 heterocycles. The third kappa shape index (κ3) is 3.31. The van der Waals surface area contributed by atoms with Gasteiger partial charge in [-0.3, -0.25) is 4.79 Å². The Hall–Kier alpha value is -1.55. The number of nitrogens with zero attached hydrogens (tertiary/aromatic N) is 1. The molecule has 1 aliphatic rings. The number of carbonyl (C=O) groups is 1. The second-order valence-electron chi connectivity index (χ2n) is 6.39. The molecule has 0 spiro atoms. The van der Waals surface area contributed by atoms with Crippen molar-refractivity contribution in [2.75, 3.05) is 18.5 Å².